The van der Waals surface area contributed by atoms with Gasteiger partial charge in [0.1, 0.15) is 12.0 Å². The predicted molar refractivity (Wildman–Crippen MR) is 244 cm³/mol. The van der Waals surface area contributed by atoms with Gasteiger partial charge in [0.2, 0.25) is 0 Å². The average Bonchev–Trinajstić information content (AvgIpc) is 3.96. The van der Waals surface area contributed by atoms with Gasteiger partial charge >= 0.3 is 0 Å². The quantitative estimate of drug-likeness (QED) is 0.186. The van der Waals surface area contributed by atoms with Crippen LogP contribution in [0.2, 0.25) is 0 Å². The van der Waals surface area contributed by atoms with Crippen LogP contribution in [0.4, 0.5) is 0 Å². The number of thiophene rings is 2. The Morgan fingerprint density at radius 1 is 0.474 bits per heavy atom. The van der Waals surface area contributed by atoms with Crippen LogP contribution < -0.4 is 5.32 Å². The number of hydrogen-bond donors (Lipinski definition) is 1. The number of aromatic nitrogens is 1. The van der Waals surface area contributed by atoms with Crippen LogP contribution >= 0.6 is 22.7 Å². The molecule has 0 saturated carbocycles. The van der Waals surface area contributed by atoms with Crippen LogP contribution in [0.15, 0.2) is 192 Å². The van der Waals surface area contributed by atoms with Crippen LogP contribution in [0.5, 0.6) is 0 Å². The number of nitrogens with one attached hydrogen (secondary N) is 1. The van der Waals surface area contributed by atoms with Crippen molar-refractivity contribution in [1.29, 1.82) is 0 Å². The van der Waals surface area contributed by atoms with E-state index in [1.807, 2.05) is 34.8 Å². The molecular weight excluding hydrogens is 733 g/mol. The molecule has 6 heteroatoms. The van der Waals surface area contributed by atoms with E-state index in [1.165, 1.54) is 79.0 Å². The summed E-state index contributed by atoms with van der Waals surface area (Å²) in [5.74, 6) is 1.57. The Balaban J connectivity index is 1.02. The molecule has 3 aromatic heterocycles. The first-order chi connectivity index (χ1) is 28.3. The number of rotatable bonds is 5. The van der Waals surface area contributed by atoms with E-state index in [2.05, 4.69) is 180 Å². The highest BCUT2D eigenvalue weighted by molar-refractivity contribution is 7.27. The number of nitrogens with zero attached hydrogens (tertiary/aromatic N) is 3. The van der Waals surface area contributed by atoms with E-state index >= 15 is 0 Å². The molecule has 0 fully saturated rings. The summed E-state index contributed by atoms with van der Waals surface area (Å²) >= 11 is 3.72. The van der Waals surface area contributed by atoms with Crippen LogP contribution in [0.3, 0.4) is 0 Å². The second-order valence-electron chi connectivity index (χ2n) is 14.5. The van der Waals surface area contributed by atoms with Gasteiger partial charge in [0.25, 0.3) is 0 Å². The van der Waals surface area contributed by atoms with E-state index in [0.717, 1.165) is 28.4 Å². The molecule has 57 heavy (non-hydrogen) atoms. The maximum atomic E-state index is 5.25. The van der Waals surface area contributed by atoms with Crippen molar-refractivity contribution in [3.63, 3.8) is 0 Å². The molecule has 12 rings (SSSR count). The van der Waals surface area contributed by atoms with Gasteiger partial charge in [-0.2, -0.15) is 0 Å². The van der Waals surface area contributed by atoms with Crippen molar-refractivity contribution in [2.24, 2.45) is 9.98 Å². The maximum Gasteiger partial charge on any atom is 0.160 e. The summed E-state index contributed by atoms with van der Waals surface area (Å²) in [4.78, 5) is 10.4. The molecular formula is C51H32N4S2. The minimum absolute atomic E-state index is 0.256. The van der Waals surface area contributed by atoms with Crippen LogP contribution in [0.1, 0.15) is 22.9 Å². The Kier molecular flexibility index (Phi) is 7.30. The first-order valence-electron chi connectivity index (χ1n) is 19.2. The molecule has 0 saturated heterocycles. The summed E-state index contributed by atoms with van der Waals surface area (Å²) in [6.45, 7) is 0. The number of aliphatic imine (C=N–C) groups is 2. The number of benzene rings is 8. The molecule has 1 aliphatic rings. The fraction of sp³-hybridized carbons (Fsp3) is 0.0196. The Labute approximate surface area is 336 Å². The number of hydrogen-bond acceptors (Lipinski definition) is 5. The Morgan fingerprint density at radius 2 is 1.09 bits per heavy atom. The molecule has 1 atom stereocenters. The van der Waals surface area contributed by atoms with Gasteiger partial charge in [-0.05, 0) is 47.5 Å². The molecule has 4 nitrogen and oxygen atoms in total. The summed E-state index contributed by atoms with van der Waals surface area (Å²) in [7, 11) is 0. The fourth-order valence-electron chi connectivity index (χ4n) is 8.71. The molecule has 4 heterocycles. The predicted octanol–water partition coefficient (Wildman–Crippen LogP) is 13.7. The fourth-order valence-corrected chi connectivity index (χ4v) is 11.2. The van der Waals surface area contributed by atoms with Gasteiger partial charge in [0, 0.05) is 73.5 Å². The number of amidine groups is 2. The van der Waals surface area contributed by atoms with Crippen molar-refractivity contribution in [2.45, 2.75) is 6.17 Å². The number of para-hydroxylation sites is 2. The number of fused-ring (bicyclic) bond motifs is 9. The van der Waals surface area contributed by atoms with E-state index in [1.54, 1.807) is 0 Å². The largest absolute Gasteiger partial charge is 0.344 e. The molecule has 0 aliphatic carbocycles. The summed E-state index contributed by atoms with van der Waals surface area (Å²) in [5.41, 5.74) is 9.33. The van der Waals surface area contributed by atoms with Crippen molar-refractivity contribution in [3.8, 4) is 16.8 Å². The first-order valence-corrected chi connectivity index (χ1v) is 20.8. The SMILES string of the molecule is c1ccc(C2=NC(c3cccc4c3sc3c(-c5cccc6sc7cc(-n8c9ccccc9c9ccccc98)ccc7c56)cccc34)=NC(c3ccccc3)N2)cc1. The molecule has 1 N–H and O–H groups in total. The molecule has 11 aromatic rings. The van der Waals surface area contributed by atoms with E-state index < -0.39 is 0 Å². The van der Waals surface area contributed by atoms with Gasteiger partial charge in [-0.25, -0.2) is 9.98 Å². The highest BCUT2D eigenvalue weighted by atomic mass is 32.1. The Morgan fingerprint density at radius 3 is 1.84 bits per heavy atom. The monoisotopic (exact) mass is 764 g/mol. The smallest absolute Gasteiger partial charge is 0.160 e. The van der Waals surface area contributed by atoms with Crippen molar-refractivity contribution >= 4 is 96.5 Å². The minimum Gasteiger partial charge on any atom is -0.344 e. The highest BCUT2D eigenvalue weighted by Crippen LogP contribution is 2.47. The van der Waals surface area contributed by atoms with Crippen LogP contribution in [0, 0.1) is 0 Å². The third kappa shape index (κ3) is 5.11. The summed E-state index contributed by atoms with van der Waals surface area (Å²) < 4.78 is 7.45. The van der Waals surface area contributed by atoms with Crippen molar-refractivity contribution < 1.29 is 0 Å². The molecule has 0 spiro atoms. The third-order valence-corrected chi connectivity index (χ3v) is 13.7. The lowest BCUT2D eigenvalue weighted by Gasteiger charge is -2.23. The summed E-state index contributed by atoms with van der Waals surface area (Å²) in [6, 6.07) is 65.4. The molecule has 0 amide bonds. The lowest BCUT2D eigenvalue weighted by molar-refractivity contribution is 0.674. The zero-order valence-corrected chi connectivity index (χ0v) is 32.2. The molecule has 0 radical (unpaired) electrons. The zero-order valence-electron chi connectivity index (χ0n) is 30.6. The van der Waals surface area contributed by atoms with Crippen LogP contribution in [-0.4, -0.2) is 16.2 Å². The molecule has 8 aromatic carbocycles. The second-order valence-corrected chi connectivity index (χ2v) is 16.6. The minimum atomic E-state index is -0.256. The lowest BCUT2D eigenvalue weighted by Crippen LogP contribution is -2.33. The highest BCUT2D eigenvalue weighted by Gasteiger charge is 2.24. The van der Waals surface area contributed by atoms with Gasteiger partial charge in [-0.1, -0.05) is 146 Å². The van der Waals surface area contributed by atoms with Crippen molar-refractivity contribution in [3.05, 3.63) is 199 Å². The topological polar surface area (TPSA) is 41.7 Å². The average molecular weight is 765 g/mol. The summed E-state index contributed by atoms with van der Waals surface area (Å²) in [6.07, 6.45) is -0.256. The lowest BCUT2D eigenvalue weighted by atomic mass is 9.97. The van der Waals surface area contributed by atoms with Gasteiger partial charge in [0.15, 0.2) is 5.84 Å². The van der Waals surface area contributed by atoms with Gasteiger partial charge in [-0.15, -0.1) is 22.7 Å². The van der Waals surface area contributed by atoms with E-state index in [4.69, 9.17) is 9.98 Å². The third-order valence-electron chi connectivity index (χ3n) is 11.3. The zero-order chi connectivity index (χ0) is 37.5. The molecule has 0 bridgehead atoms. The molecule has 1 aliphatic heterocycles. The van der Waals surface area contributed by atoms with Crippen LogP contribution in [0.25, 0.3) is 79.0 Å². The Bertz CT molecular complexity index is 3390. The van der Waals surface area contributed by atoms with Crippen molar-refractivity contribution in [1.82, 2.24) is 9.88 Å². The van der Waals surface area contributed by atoms with Crippen molar-refractivity contribution in [2.75, 3.05) is 0 Å². The first kappa shape index (κ1) is 32.4. The standard InChI is InChI=1S/C51H32N4S2/c1-3-14-31(15-4-1)49-52-50(32-16-5-2-6-17-32)54-51(53-49)41-24-12-23-39-38-22-11-21-37(47(38)57-48(39)41)36-20-13-27-44-46(36)40-29-28-33(30-45(40)56-44)55-42-25-9-7-18-34(42)35-19-8-10-26-43(35)55/h1-30,49H,(H,52,53,54). The summed E-state index contributed by atoms with van der Waals surface area (Å²) in [5, 5.41) is 11.2. The van der Waals surface area contributed by atoms with Gasteiger partial charge < -0.3 is 9.88 Å². The van der Waals surface area contributed by atoms with E-state index in [-0.39, 0.29) is 6.17 Å². The van der Waals surface area contributed by atoms with Crippen LogP contribution in [-0.2, 0) is 0 Å². The maximum absolute atomic E-state index is 5.25. The van der Waals surface area contributed by atoms with Gasteiger partial charge in [0.05, 0.1) is 11.0 Å². The Hall–Kier alpha value is -6.86. The van der Waals surface area contributed by atoms with E-state index in [0.29, 0.717) is 0 Å². The second kappa shape index (κ2) is 12.8. The molecule has 1 unspecified atom stereocenters. The normalized spacial score (nSPS) is 14.5. The van der Waals surface area contributed by atoms with E-state index in [9.17, 15) is 0 Å². The van der Waals surface area contributed by atoms with Gasteiger partial charge in [-0.3, -0.25) is 0 Å². The molecule has 268 valence electrons.